The topological polar surface area (TPSA) is 78.5 Å². The molecule has 1 atom stereocenters. The van der Waals surface area contributed by atoms with Crippen LogP contribution in [0.1, 0.15) is 12.5 Å². The Labute approximate surface area is 161 Å². The van der Waals surface area contributed by atoms with Crippen LogP contribution < -0.4 is 15.5 Å². The fourth-order valence-electron chi connectivity index (χ4n) is 2.65. The van der Waals surface area contributed by atoms with Gasteiger partial charge in [0.1, 0.15) is 17.7 Å². The molecule has 0 aliphatic heterocycles. The SMILES string of the molecule is CNCC(=O)N(C(=O)[C@H](C)NC(=O)Cc1cc(F)cc(F)c1)c1ccccc1. The molecule has 8 heteroatoms. The van der Waals surface area contributed by atoms with Crippen molar-refractivity contribution in [3.63, 3.8) is 0 Å². The van der Waals surface area contributed by atoms with E-state index in [9.17, 15) is 23.2 Å². The monoisotopic (exact) mass is 389 g/mol. The van der Waals surface area contributed by atoms with Gasteiger partial charge >= 0.3 is 0 Å². The molecule has 2 aromatic carbocycles. The zero-order valence-corrected chi connectivity index (χ0v) is 15.5. The number of carbonyl (C=O) groups is 3. The van der Waals surface area contributed by atoms with E-state index in [0.717, 1.165) is 17.0 Å². The van der Waals surface area contributed by atoms with Gasteiger partial charge in [0.05, 0.1) is 18.7 Å². The van der Waals surface area contributed by atoms with Crippen molar-refractivity contribution >= 4 is 23.4 Å². The summed E-state index contributed by atoms with van der Waals surface area (Å²) >= 11 is 0. The van der Waals surface area contributed by atoms with Crippen molar-refractivity contribution in [2.75, 3.05) is 18.5 Å². The average molecular weight is 389 g/mol. The molecule has 0 heterocycles. The second-order valence-corrected chi connectivity index (χ2v) is 6.18. The number of halogens is 2. The smallest absolute Gasteiger partial charge is 0.256 e. The van der Waals surface area contributed by atoms with E-state index < -0.39 is 35.4 Å². The summed E-state index contributed by atoms with van der Waals surface area (Å²) in [7, 11) is 1.58. The molecule has 0 unspecified atom stereocenters. The minimum atomic E-state index is -1.02. The molecule has 0 aromatic heterocycles. The lowest BCUT2D eigenvalue weighted by Gasteiger charge is -2.24. The number of likely N-dealkylation sites (N-methyl/N-ethyl adjacent to an activating group) is 1. The van der Waals surface area contributed by atoms with Crippen LogP contribution in [0.25, 0.3) is 0 Å². The first-order valence-corrected chi connectivity index (χ1v) is 8.62. The minimum Gasteiger partial charge on any atom is -0.344 e. The maximum absolute atomic E-state index is 13.2. The molecule has 2 rings (SSSR count). The molecule has 0 saturated heterocycles. The van der Waals surface area contributed by atoms with Gasteiger partial charge in [0.2, 0.25) is 11.8 Å². The van der Waals surface area contributed by atoms with E-state index >= 15 is 0 Å². The predicted octanol–water partition coefficient (Wildman–Crippen LogP) is 1.79. The Bertz CT molecular complexity index is 839. The Hall–Kier alpha value is -3.13. The lowest BCUT2D eigenvalue weighted by Crippen LogP contribution is -2.51. The minimum absolute atomic E-state index is 0.0656. The first-order chi connectivity index (χ1) is 13.3. The number of anilines is 1. The summed E-state index contributed by atoms with van der Waals surface area (Å²) in [6.45, 7) is 1.37. The van der Waals surface area contributed by atoms with Crippen LogP contribution >= 0.6 is 0 Å². The van der Waals surface area contributed by atoms with Crippen molar-refractivity contribution in [1.82, 2.24) is 10.6 Å². The Morgan fingerprint density at radius 2 is 1.64 bits per heavy atom. The number of nitrogens with zero attached hydrogens (tertiary/aromatic N) is 1. The van der Waals surface area contributed by atoms with Crippen LogP contribution in [-0.4, -0.2) is 37.4 Å². The van der Waals surface area contributed by atoms with Gasteiger partial charge in [0.15, 0.2) is 0 Å². The van der Waals surface area contributed by atoms with Gasteiger partial charge in [-0.05, 0) is 43.8 Å². The molecule has 148 valence electrons. The summed E-state index contributed by atoms with van der Waals surface area (Å²) in [6.07, 6.45) is -0.303. The number of para-hydroxylation sites is 1. The van der Waals surface area contributed by atoms with Crippen molar-refractivity contribution in [1.29, 1.82) is 0 Å². The Kier molecular flexibility index (Phi) is 7.34. The van der Waals surface area contributed by atoms with Gasteiger partial charge in [0.25, 0.3) is 5.91 Å². The Balaban J connectivity index is 2.11. The molecule has 28 heavy (non-hydrogen) atoms. The van der Waals surface area contributed by atoms with Crippen LogP contribution in [0.4, 0.5) is 14.5 Å². The molecule has 0 aliphatic rings. The summed E-state index contributed by atoms with van der Waals surface area (Å²) in [5.74, 6) is -3.28. The highest BCUT2D eigenvalue weighted by molar-refractivity contribution is 6.17. The summed E-state index contributed by atoms with van der Waals surface area (Å²) in [4.78, 5) is 38.4. The molecule has 0 bridgehead atoms. The first kappa shape index (κ1) is 21.2. The molecule has 2 aromatic rings. The second-order valence-electron chi connectivity index (χ2n) is 6.18. The van der Waals surface area contributed by atoms with E-state index in [4.69, 9.17) is 0 Å². The van der Waals surface area contributed by atoms with Gasteiger partial charge in [-0.15, -0.1) is 0 Å². The molecule has 2 N–H and O–H groups in total. The number of amides is 3. The standard InChI is InChI=1S/C20H21F2N3O3/c1-13(24-18(26)10-14-8-15(21)11-16(22)9-14)20(28)25(19(27)12-23-2)17-6-4-3-5-7-17/h3-9,11,13,23H,10,12H2,1-2H3,(H,24,26)/t13-/m0/s1. The van der Waals surface area contributed by atoms with Crippen LogP contribution in [0, 0.1) is 11.6 Å². The third-order valence-electron chi connectivity index (χ3n) is 3.85. The molecular weight excluding hydrogens is 368 g/mol. The van der Waals surface area contributed by atoms with Crippen LogP contribution in [0.15, 0.2) is 48.5 Å². The zero-order chi connectivity index (χ0) is 20.7. The van der Waals surface area contributed by atoms with Gasteiger partial charge < -0.3 is 10.6 Å². The average Bonchev–Trinajstić information content (AvgIpc) is 2.61. The maximum atomic E-state index is 13.2. The Morgan fingerprint density at radius 3 is 2.21 bits per heavy atom. The van der Waals surface area contributed by atoms with Gasteiger partial charge in [0, 0.05) is 6.07 Å². The molecule has 0 radical (unpaired) electrons. The number of benzene rings is 2. The van der Waals surface area contributed by atoms with E-state index in [2.05, 4.69) is 10.6 Å². The van der Waals surface area contributed by atoms with Gasteiger partial charge in [-0.1, -0.05) is 18.2 Å². The quantitative estimate of drug-likeness (QED) is 0.757. The lowest BCUT2D eigenvalue weighted by atomic mass is 10.1. The van der Waals surface area contributed by atoms with Crippen molar-refractivity contribution in [3.8, 4) is 0 Å². The number of nitrogens with one attached hydrogen (secondary N) is 2. The van der Waals surface area contributed by atoms with E-state index in [1.807, 2.05) is 0 Å². The van der Waals surface area contributed by atoms with E-state index in [0.29, 0.717) is 11.8 Å². The number of hydrogen-bond donors (Lipinski definition) is 2. The largest absolute Gasteiger partial charge is 0.344 e. The van der Waals surface area contributed by atoms with Crippen LogP contribution in [0.5, 0.6) is 0 Å². The lowest BCUT2D eigenvalue weighted by molar-refractivity contribution is -0.130. The number of imide groups is 1. The zero-order valence-electron chi connectivity index (χ0n) is 15.5. The molecule has 3 amide bonds. The van der Waals surface area contributed by atoms with Crippen molar-refractivity contribution in [3.05, 3.63) is 65.7 Å². The molecule has 0 fully saturated rings. The molecule has 0 spiro atoms. The summed E-state index contributed by atoms with van der Waals surface area (Å²) < 4.78 is 26.5. The highest BCUT2D eigenvalue weighted by Gasteiger charge is 2.28. The third-order valence-corrected chi connectivity index (χ3v) is 3.85. The predicted molar refractivity (Wildman–Crippen MR) is 101 cm³/mol. The van der Waals surface area contributed by atoms with Gasteiger partial charge in [-0.25, -0.2) is 13.7 Å². The second kappa shape index (κ2) is 9.70. The fraction of sp³-hybridized carbons (Fsp3) is 0.250. The normalized spacial score (nSPS) is 11.6. The van der Waals surface area contributed by atoms with E-state index in [1.54, 1.807) is 37.4 Å². The molecular formula is C20H21F2N3O3. The molecule has 0 saturated carbocycles. The highest BCUT2D eigenvalue weighted by atomic mass is 19.1. The number of rotatable bonds is 7. The van der Waals surface area contributed by atoms with Gasteiger partial charge in [-0.3, -0.25) is 14.4 Å². The van der Waals surface area contributed by atoms with Gasteiger partial charge in [-0.2, -0.15) is 0 Å². The number of carbonyl (C=O) groups excluding carboxylic acids is 3. The van der Waals surface area contributed by atoms with Crippen molar-refractivity contribution in [2.24, 2.45) is 0 Å². The van der Waals surface area contributed by atoms with Crippen LogP contribution in [0.2, 0.25) is 0 Å². The van der Waals surface area contributed by atoms with E-state index in [-0.39, 0.29) is 18.5 Å². The first-order valence-electron chi connectivity index (χ1n) is 8.62. The molecule has 6 nitrogen and oxygen atoms in total. The fourth-order valence-corrected chi connectivity index (χ4v) is 2.65. The highest BCUT2D eigenvalue weighted by Crippen LogP contribution is 2.15. The molecule has 0 aliphatic carbocycles. The third kappa shape index (κ3) is 5.68. The summed E-state index contributed by atoms with van der Waals surface area (Å²) in [5.41, 5.74) is 0.516. The number of hydrogen-bond acceptors (Lipinski definition) is 4. The van der Waals surface area contributed by atoms with Crippen LogP contribution in [0.3, 0.4) is 0 Å². The van der Waals surface area contributed by atoms with Crippen LogP contribution in [-0.2, 0) is 20.8 Å². The summed E-state index contributed by atoms with van der Waals surface area (Å²) in [5, 5.41) is 5.16. The maximum Gasteiger partial charge on any atom is 0.256 e. The summed E-state index contributed by atoms with van der Waals surface area (Å²) in [6, 6.07) is 10.1. The van der Waals surface area contributed by atoms with Crippen molar-refractivity contribution < 1.29 is 23.2 Å². The van der Waals surface area contributed by atoms with Crippen molar-refractivity contribution in [2.45, 2.75) is 19.4 Å². The Morgan fingerprint density at radius 1 is 1.04 bits per heavy atom. The van der Waals surface area contributed by atoms with E-state index in [1.165, 1.54) is 6.92 Å².